The second kappa shape index (κ2) is 24.7. The van der Waals surface area contributed by atoms with Crippen LogP contribution in [0.25, 0.3) is 10.9 Å². The number of esters is 1. The van der Waals surface area contributed by atoms with E-state index in [2.05, 4.69) is 32.7 Å². The molecule has 5 aromatic carbocycles. The molecule has 14 nitrogen and oxygen atoms in total. The molecule has 0 bridgehead atoms. The van der Waals surface area contributed by atoms with Crippen molar-refractivity contribution in [3.05, 3.63) is 201 Å². The van der Waals surface area contributed by atoms with E-state index in [9.17, 15) is 34.5 Å². The third-order valence-electron chi connectivity index (χ3n) is 13.5. The molecule has 0 spiro atoms. The molecule has 1 aromatic heterocycles. The minimum absolute atomic E-state index is 0.0622. The van der Waals surface area contributed by atoms with Crippen molar-refractivity contribution < 1.29 is 39.2 Å². The Morgan fingerprint density at radius 2 is 1.54 bits per heavy atom. The highest BCUT2D eigenvalue weighted by Crippen LogP contribution is 2.34. The number of nitrogens with zero attached hydrogens (tertiary/aromatic N) is 2. The third-order valence-corrected chi connectivity index (χ3v) is 13.5. The van der Waals surface area contributed by atoms with E-state index in [0.29, 0.717) is 35.1 Å². The van der Waals surface area contributed by atoms with Crippen LogP contribution in [0, 0.1) is 11.8 Å². The van der Waals surface area contributed by atoms with Crippen LogP contribution in [-0.4, -0.2) is 100 Å². The van der Waals surface area contributed by atoms with E-state index in [1.165, 1.54) is 17.7 Å². The lowest BCUT2D eigenvalue weighted by atomic mass is 9.86. The number of H-pyrrole nitrogens is 1. The van der Waals surface area contributed by atoms with Crippen LogP contribution in [0.4, 0.5) is 0 Å². The molecule has 1 fully saturated rings. The molecule has 1 saturated heterocycles. The number of carbonyl (C=O) groups is 3. The summed E-state index contributed by atoms with van der Waals surface area (Å²) < 4.78 is 12.0. The number of benzene rings is 5. The van der Waals surface area contributed by atoms with Crippen LogP contribution < -0.4 is 20.9 Å². The van der Waals surface area contributed by atoms with Crippen LogP contribution in [0.1, 0.15) is 59.6 Å². The van der Waals surface area contributed by atoms with Crippen LogP contribution in [0.2, 0.25) is 0 Å². The summed E-state index contributed by atoms with van der Waals surface area (Å²) in [4.78, 5) is 59.6. The highest BCUT2D eigenvalue weighted by Gasteiger charge is 2.42. The van der Waals surface area contributed by atoms with Gasteiger partial charge in [-0.05, 0) is 104 Å². The summed E-state index contributed by atoms with van der Waals surface area (Å²) in [6, 6.07) is 41.2. The van der Waals surface area contributed by atoms with Crippen molar-refractivity contribution in [3.63, 3.8) is 0 Å². The molecule has 2 aliphatic rings. The number of hydrogen-bond acceptors (Lipinski definition) is 11. The van der Waals surface area contributed by atoms with Crippen LogP contribution in [0.15, 0.2) is 168 Å². The Bertz CT molecular complexity index is 2880. The zero-order valence-corrected chi connectivity index (χ0v) is 40.3. The van der Waals surface area contributed by atoms with E-state index in [-0.39, 0.29) is 91.2 Å². The maximum atomic E-state index is 14.0. The fourth-order valence-electron chi connectivity index (χ4n) is 9.31. The topological polar surface area (TPSA) is 194 Å². The Morgan fingerprint density at radius 3 is 2.26 bits per heavy atom. The van der Waals surface area contributed by atoms with Crippen LogP contribution in [0.5, 0.6) is 11.5 Å². The predicted octanol–water partition coefficient (Wildman–Crippen LogP) is 6.66. The Morgan fingerprint density at radius 1 is 0.833 bits per heavy atom. The maximum absolute atomic E-state index is 14.0. The average Bonchev–Trinajstić information content (AvgIpc) is 3.41. The minimum Gasteiger partial charge on any atom is -0.506 e. The number of amides is 2. The molecule has 1 aliphatic heterocycles. The Balaban J connectivity index is 0.816. The van der Waals surface area contributed by atoms with E-state index in [4.69, 9.17) is 9.47 Å². The lowest BCUT2D eigenvalue weighted by Crippen LogP contribution is -2.41. The van der Waals surface area contributed by atoms with Gasteiger partial charge in [0.1, 0.15) is 11.5 Å². The van der Waals surface area contributed by atoms with Gasteiger partial charge >= 0.3 is 5.97 Å². The summed E-state index contributed by atoms with van der Waals surface area (Å²) in [6.45, 7) is 4.09. The molecule has 6 N–H and O–H groups in total. The van der Waals surface area contributed by atoms with Gasteiger partial charge in [-0.25, -0.2) is 4.79 Å². The first-order valence-corrected chi connectivity index (χ1v) is 24.7. The van der Waals surface area contributed by atoms with Gasteiger partial charge < -0.3 is 45.3 Å². The van der Waals surface area contributed by atoms with Crippen molar-refractivity contribution >= 4 is 28.7 Å². The minimum atomic E-state index is -2.14. The van der Waals surface area contributed by atoms with E-state index >= 15 is 0 Å². The predicted molar refractivity (Wildman–Crippen MR) is 276 cm³/mol. The van der Waals surface area contributed by atoms with Gasteiger partial charge in [-0.2, -0.15) is 0 Å². The number of nitrogens with one attached hydrogen (secondary N) is 3. The number of hydrogen-bond donors (Lipinski definition) is 6. The van der Waals surface area contributed by atoms with Crippen molar-refractivity contribution in [2.24, 2.45) is 11.8 Å². The Labute approximate surface area is 419 Å². The van der Waals surface area contributed by atoms with Crippen molar-refractivity contribution in [3.8, 4) is 11.5 Å². The summed E-state index contributed by atoms with van der Waals surface area (Å²) in [5.41, 5.74) is 1.70. The zero-order valence-electron chi connectivity index (χ0n) is 40.3. The third kappa shape index (κ3) is 13.3. The maximum Gasteiger partial charge on any atom is 0.347 e. The van der Waals surface area contributed by atoms with Gasteiger partial charge in [0.2, 0.25) is 11.2 Å². The van der Waals surface area contributed by atoms with Gasteiger partial charge in [-0.15, -0.1) is 0 Å². The molecule has 0 radical (unpaired) electrons. The first kappa shape index (κ1) is 51.0. The SMILES string of the molecule is O=C(NCCN(Cc1ccccc1)C(=O)COc1cccc([C@](O)(C(=O)OCC2CCN(Cc3ccccc3)CC2)c2ccccc2)c1)C1=CCC(CCNC[C@H](O)c2ccc(O)c3[nH]c(=O)ccc23)C=C1. The zero-order chi connectivity index (χ0) is 50.3. The summed E-state index contributed by atoms with van der Waals surface area (Å²) in [5.74, 6) is -0.777. The first-order valence-electron chi connectivity index (χ1n) is 24.7. The molecular weight excluding hydrogens is 911 g/mol. The van der Waals surface area contributed by atoms with Gasteiger partial charge in [-0.1, -0.05) is 127 Å². The molecule has 374 valence electrons. The molecule has 6 aromatic rings. The summed E-state index contributed by atoms with van der Waals surface area (Å²) in [5, 5.41) is 40.2. The number of phenolic OH excluding ortho intramolecular Hbond substituents is 1. The number of aromatic amines is 1. The van der Waals surface area contributed by atoms with Gasteiger partial charge in [-0.3, -0.25) is 19.3 Å². The lowest BCUT2D eigenvalue weighted by Gasteiger charge is -2.33. The molecule has 14 heteroatoms. The van der Waals surface area contributed by atoms with Crippen LogP contribution >= 0.6 is 0 Å². The Hall–Kier alpha value is -7.36. The van der Waals surface area contributed by atoms with E-state index in [1.807, 2.05) is 72.8 Å². The fourth-order valence-corrected chi connectivity index (χ4v) is 9.31. The number of aromatic nitrogens is 1. The first-order chi connectivity index (χ1) is 35.0. The molecule has 2 heterocycles. The van der Waals surface area contributed by atoms with Gasteiger partial charge in [0.25, 0.3) is 11.8 Å². The number of likely N-dealkylation sites (tertiary alicyclic amines) is 1. The van der Waals surface area contributed by atoms with Gasteiger partial charge in [0.15, 0.2) is 6.61 Å². The molecule has 1 unspecified atom stereocenters. The normalized spacial score (nSPS) is 16.3. The quantitative estimate of drug-likeness (QED) is 0.0315. The number of allylic oxidation sites excluding steroid dienone is 2. The molecule has 2 amide bonds. The highest BCUT2D eigenvalue weighted by molar-refractivity contribution is 5.96. The standard InChI is InChI=1S/C58H63N5O9/c64-51-25-23-49(50-24-26-53(66)61-55(50)51)52(65)36-59-30-27-41-19-21-45(22-20-41)56(68)60-31-34-63(38-43-13-6-2-7-14-43)54(67)40-71-48-18-10-17-47(35-48)58(70,46-15-8-3-9-16-46)57(69)72-39-44-28-32-62(33-29-44)37-42-11-4-1-5-12-42/h1-19,21-26,35,41,44,52,59,64-65,70H,20,27-34,36-40H2,(H,60,68)(H,61,66)/t41?,52-,58-/m0/s1. The second-order valence-electron chi connectivity index (χ2n) is 18.6. The number of aromatic hydroxyl groups is 1. The van der Waals surface area contributed by atoms with Gasteiger partial charge in [0, 0.05) is 55.3 Å². The van der Waals surface area contributed by atoms with Crippen molar-refractivity contribution in [1.82, 2.24) is 25.4 Å². The summed E-state index contributed by atoms with van der Waals surface area (Å²) in [7, 11) is 0. The molecule has 3 atom stereocenters. The van der Waals surface area contributed by atoms with Crippen LogP contribution in [0.3, 0.4) is 0 Å². The fraction of sp³-hybridized carbons (Fsp3) is 0.310. The molecule has 8 rings (SSSR count). The number of aliphatic hydroxyl groups is 2. The lowest BCUT2D eigenvalue weighted by molar-refractivity contribution is -0.164. The molecule has 0 saturated carbocycles. The van der Waals surface area contributed by atoms with Crippen molar-refractivity contribution in [2.45, 2.75) is 50.5 Å². The summed E-state index contributed by atoms with van der Waals surface area (Å²) in [6.07, 6.45) is 8.05. The number of aliphatic hydroxyl groups excluding tert-OH is 1. The average molecular weight is 974 g/mol. The Kier molecular flexibility index (Phi) is 17.5. The molecule has 1 aliphatic carbocycles. The molecular formula is C58H63N5O9. The number of piperidine rings is 1. The summed E-state index contributed by atoms with van der Waals surface area (Å²) >= 11 is 0. The van der Waals surface area contributed by atoms with Crippen molar-refractivity contribution in [2.75, 3.05) is 52.5 Å². The number of phenols is 1. The smallest absolute Gasteiger partial charge is 0.347 e. The van der Waals surface area contributed by atoms with E-state index in [0.717, 1.165) is 44.5 Å². The van der Waals surface area contributed by atoms with Crippen LogP contribution in [-0.2, 0) is 37.8 Å². The van der Waals surface area contributed by atoms with E-state index in [1.54, 1.807) is 65.6 Å². The number of carbonyl (C=O) groups excluding carboxylic acids is 3. The largest absolute Gasteiger partial charge is 0.506 e. The number of pyridine rings is 1. The monoisotopic (exact) mass is 973 g/mol. The number of fused-ring (bicyclic) bond motifs is 1. The second-order valence-corrected chi connectivity index (χ2v) is 18.6. The van der Waals surface area contributed by atoms with Gasteiger partial charge in [0.05, 0.1) is 18.2 Å². The van der Waals surface area contributed by atoms with Crippen molar-refractivity contribution in [1.29, 1.82) is 0 Å². The highest BCUT2D eigenvalue weighted by atomic mass is 16.6. The number of ether oxygens (including phenoxy) is 2. The molecule has 72 heavy (non-hydrogen) atoms. The van der Waals surface area contributed by atoms with E-state index < -0.39 is 17.7 Å². The number of rotatable bonds is 22.